The van der Waals surface area contributed by atoms with E-state index in [4.69, 9.17) is 0 Å². The first-order valence-electron chi connectivity index (χ1n) is 6.67. The minimum Gasteiger partial charge on any atom is -0.309 e. The number of benzene rings is 1. The molecule has 1 aromatic carbocycles. The van der Waals surface area contributed by atoms with Gasteiger partial charge in [0, 0.05) is 18.0 Å². The van der Waals surface area contributed by atoms with Crippen LogP contribution in [0.25, 0.3) is 0 Å². The zero-order valence-corrected chi connectivity index (χ0v) is 10.9. The Morgan fingerprint density at radius 3 is 3.00 bits per heavy atom. The molecule has 92 valence electrons. The zero-order chi connectivity index (χ0) is 11.9. The summed E-state index contributed by atoms with van der Waals surface area (Å²) in [7, 11) is 4.40. The molecule has 1 saturated heterocycles. The van der Waals surface area contributed by atoms with Gasteiger partial charge in [0.1, 0.15) is 0 Å². The topological polar surface area (TPSA) is 15.3 Å². The molecule has 1 aliphatic heterocycles. The highest BCUT2D eigenvalue weighted by atomic mass is 15.1. The third-order valence-corrected chi connectivity index (χ3v) is 4.35. The number of hydrogen-bond donors (Lipinski definition) is 1. The van der Waals surface area contributed by atoms with Crippen LogP contribution in [0.1, 0.15) is 30.0 Å². The van der Waals surface area contributed by atoms with E-state index in [0.717, 1.165) is 0 Å². The third kappa shape index (κ3) is 1.80. The van der Waals surface area contributed by atoms with Gasteiger partial charge in [0.25, 0.3) is 0 Å². The van der Waals surface area contributed by atoms with Crippen molar-refractivity contribution < 1.29 is 0 Å². The molecular formula is C15H22N2. The molecule has 0 saturated carbocycles. The monoisotopic (exact) mass is 230 g/mol. The second-order valence-electron chi connectivity index (χ2n) is 5.97. The van der Waals surface area contributed by atoms with E-state index in [2.05, 4.69) is 48.6 Å². The van der Waals surface area contributed by atoms with E-state index in [-0.39, 0.29) is 0 Å². The van der Waals surface area contributed by atoms with E-state index in [9.17, 15) is 0 Å². The van der Waals surface area contributed by atoms with Crippen LogP contribution in [0.3, 0.4) is 0 Å². The second-order valence-corrected chi connectivity index (χ2v) is 5.97. The molecule has 2 heteroatoms. The number of piperidine rings is 1. The Bertz CT molecular complexity index is 413. The maximum absolute atomic E-state index is 3.76. The number of fused-ring (bicyclic) bond motifs is 3. The molecule has 0 unspecified atom stereocenters. The molecule has 1 fully saturated rings. The van der Waals surface area contributed by atoms with Crippen molar-refractivity contribution in [1.82, 2.24) is 10.2 Å². The molecule has 0 radical (unpaired) electrons. The van der Waals surface area contributed by atoms with Gasteiger partial charge in [-0.25, -0.2) is 0 Å². The van der Waals surface area contributed by atoms with Crippen LogP contribution in [-0.4, -0.2) is 32.1 Å². The third-order valence-electron chi connectivity index (χ3n) is 4.35. The van der Waals surface area contributed by atoms with Crippen molar-refractivity contribution >= 4 is 0 Å². The fraction of sp³-hybridized carbons (Fsp3) is 0.600. The average Bonchev–Trinajstić information content (AvgIpc) is 2.61. The summed E-state index contributed by atoms with van der Waals surface area (Å²) >= 11 is 0. The Morgan fingerprint density at radius 1 is 1.35 bits per heavy atom. The summed E-state index contributed by atoms with van der Waals surface area (Å²) in [5.74, 6) is 0. The highest BCUT2D eigenvalue weighted by Gasteiger charge is 2.47. The van der Waals surface area contributed by atoms with Crippen molar-refractivity contribution in [3.05, 3.63) is 35.4 Å². The molecule has 17 heavy (non-hydrogen) atoms. The van der Waals surface area contributed by atoms with Gasteiger partial charge in [0.05, 0.1) is 0 Å². The maximum Gasteiger partial charge on any atom is 0.0395 e. The minimum absolute atomic E-state index is 0.436. The summed E-state index contributed by atoms with van der Waals surface area (Å²) in [6.45, 7) is 2.37. The zero-order valence-electron chi connectivity index (χ0n) is 10.9. The van der Waals surface area contributed by atoms with Crippen molar-refractivity contribution in [2.24, 2.45) is 5.41 Å². The second kappa shape index (κ2) is 4.11. The van der Waals surface area contributed by atoms with Crippen LogP contribution in [0.4, 0.5) is 0 Å². The SMILES string of the molecule is CN(C)C[C@]12CCCN[C@H]1c1ccccc1C2. The molecule has 1 N–H and O–H groups in total. The molecule has 3 rings (SSSR count). The van der Waals surface area contributed by atoms with Gasteiger partial charge >= 0.3 is 0 Å². The van der Waals surface area contributed by atoms with E-state index in [1.807, 2.05) is 0 Å². The van der Waals surface area contributed by atoms with Crippen LogP contribution in [0, 0.1) is 5.41 Å². The smallest absolute Gasteiger partial charge is 0.0395 e. The Hall–Kier alpha value is -0.860. The predicted octanol–water partition coefficient (Wildman–Crippen LogP) is 2.22. The van der Waals surface area contributed by atoms with E-state index in [0.29, 0.717) is 11.5 Å². The minimum atomic E-state index is 0.436. The van der Waals surface area contributed by atoms with Gasteiger partial charge in [-0.3, -0.25) is 0 Å². The van der Waals surface area contributed by atoms with Crippen LogP contribution >= 0.6 is 0 Å². The molecule has 2 nitrogen and oxygen atoms in total. The van der Waals surface area contributed by atoms with Gasteiger partial charge in [-0.15, -0.1) is 0 Å². The van der Waals surface area contributed by atoms with Gasteiger partial charge in [-0.05, 0) is 51.0 Å². The predicted molar refractivity (Wildman–Crippen MR) is 71.1 cm³/mol. The molecule has 1 heterocycles. The van der Waals surface area contributed by atoms with Gasteiger partial charge in [-0.1, -0.05) is 24.3 Å². The van der Waals surface area contributed by atoms with Crippen molar-refractivity contribution in [2.45, 2.75) is 25.3 Å². The maximum atomic E-state index is 3.76. The number of hydrogen-bond acceptors (Lipinski definition) is 2. The van der Waals surface area contributed by atoms with Crippen LogP contribution < -0.4 is 5.32 Å². The Labute approximate surface area is 104 Å². The van der Waals surface area contributed by atoms with Crippen molar-refractivity contribution in [1.29, 1.82) is 0 Å². The molecule has 2 aliphatic rings. The molecule has 1 aromatic rings. The molecule has 1 aliphatic carbocycles. The number of rotatable bonds is 2. The molecule has 0 aromatic heterocycles. The highest BCUT2D eigenvalue weighted by Crippen LogP contribution is 2.50. The van der Waals surface area contributed by atoms with Gasteiger partial charge in [-0.2, -0.15) is 0 Å². The summed E-state index contributed by atoms with van der Waals surface area (Å²) in [4.78, 5) is 2.35. The Kier molecular flexibility index (Phi) is 2.72. The van der Waals surface area contributed by atoms with Crippen molar-refractivity contribution in [2.75, 3.05) is 27.2 Å². The molecule has 2 atom stereocenters. The Morgan fingerprint density at radius 2 is 2.18 bits per heavy atom. The van der Waals surface area contributed by atoms with E-state index in [1.165, 1.54) is 32.4 Å². The van der Waals surface area contributed by atoms with Gasteiger partial charge in [0.15, 0.2) is 0 Å². The lowest BCUT2D eigenvalue weighted by atomic mass is 9.74. The summed E-state index contributed by atoms with van der Waals surface area (Å²) in [6, 6.07) is 9.57. The van der Waals surface area contributed by atoms with Crippen LogP contribution in [0.15, 0.2) is 24.3 Å². The Balaban J connectivity index is 1.98. The molecule has 0 spiro atoms. The van der Waals surface area contributed by atoms with Crippen molar-refractivity contribution in [3.63, 3.8) is 0 Å². The fourth-order valence-corrected chi connectivity index (χ4v) is 3.89. The molecule has 0 bridgehead atoms. The molecule has 0 amide bonds. The first-order chi connectivity index (χ1) is 8.21. The van der Waals surface area contributed by atoms with Gasteiger partial charge in [0.2, 0.25) is 0 Å². The van der Waals surface area contributed by atoms with Crippen LogP contribution in [0.2, 0.25) is 0 Å². The van der Waals surface area contributed by atoms with Crippen molar-refractivity contribution in [3.8, 4) is 0 Å². The first-order valence-corrected chi connectivity index (χ1v) is 6.67. The van der Waals surface area contributed by atoms with Gasteiger partial charge < -0.3 is 10.2 Å². The van der Waals surface area contributed by atoms with E-state index in [1.54, 1.807) is 11.1 Å². The summed E-state index contributed by atoms with van der Waals surface area (Å²) in [5.41, 5.74) is 3.55. The summed E-state index contributed by atoms with van der Waals surface area (Å²) in [5, 5.41) is 3.76. The average molecular weight is 230 g/mol. The lowest BCUT2D eigenvalue weighted by molar-refractivity contribution is 0.108. The summed E-state index contributed by atoms with van der Waals surface area (Å²) < 4.78 is 0. The highest BCUT2D eigenvalue weighted by molar-refractivity contribution is 5.39. The first kappa shape index (κ1) is 11.2. The van der Waals surface area contributed by atoms with Crippen LogP contribution in [0.5, 0.6) is 0 Å². The quantitative estimate of drug-likeness (QED) is 0.838. The number of nitrogens with one attached hydrogen (secondary N) is 1. The normalized spacial score (nSPS) is 31.4. The van der Waals surface area contributed by atoms with E-state index >= 15 is 0 Å². The largest absolute Gasteiger partial charge is 0.309 e. The summed E-state index contributed by atoms with van der Waals surface area (Å²) in [6.07, 6.45) is 3.93. The standard InChI is InChI=1S/C15H22N2/c1-17(2)11-15-8-5-9-16-14(15)13-7-4-3-6-12(13)10-15/h3-4,6-7,14,16H,5,8-11H2,1-2H3/t14-,15+/m0/s1. The van der Waals surface area contributed by atoms with Crippen LogP contribution in [-0.2, 0) is 6.42 Å². The fourth-order valence-electron chi connectivity index (χ4n) is 3.89. The number of nitrogens with zero attached hydrogens (tertiary/aromatic N) is 1. The molecular weight excluding hydrogens is 208 g/mol. The lowest BCUT2D eigenvalue weighted by Gasteiger charge is -2.42. The van der Waals surface area contributed by atoms with E-state index < -0.39 is 0 Å². The lowest BCUT2D eigenvalue weighted by Crippen LogP contribution is -2.46.